The molecule has 10 heteroatoms. The highest BCUT2D eigenvalue weighted by Crippen LogP contribution is 2.26. The molecule has 0 bridgehead atoms. The number of anilines is 1. The lowest BCUT2D eigenvalue weighted by Gasteiger charge is -2.32. The number of likely N-dealkylation sites (N-methyl/N-ethyl adjacent to an activating group) is 1. The second-order valence-corrected chi connectivity index (χ2v) is 9.86. The zero-order valence-electron chi connectivity index (χ0n) is 19.9. The molecule has 0 saturated heterocycles. The topological polar surface area (TPSA) is 86.8 Å². The summed E-state index contributed by atoms with van der Waals surface area (Å²) in [6.07, 6.45) is 0. The van der Waals surface area contributed by atoms with Crippen LogP contribution in [0.15, 0.2) is 83.8 Å². The first kappa shape index (κ1) is 26.8. The van der Waals surface area contributed by atoms with E-state index in [4.69, 9.17) is 0 Å². The van der Waals surface area contributed by atoms with Gasteiger partial charge in [-0.05, 0) is 55.8 Å². The molecule has 0 aliphatic rings. The summed E-state index contributed by atoms with van der Waals surface area (Å²) in [6, 6.07) is 17.0. The molecule has 0 aliphatic heterocycles. The molecule has 0 fully saturated rings. The van der Waals surface area contributed by atoms with Crippen LogP contribution in [0.1, 0.15) is 19.4 Å². The van der Waals surface area contributed by atoms with E-state index in [-0.39, 0.29) is 17.1 Å². The van der Waals surface area contributed by atoms with Gasteiger partial charge in [0.05, 0.1) is 10.6 Å². The standard InChI is InChI=1S/C26H27F2N3O4S/c1-3-29-26(33)19(2)30(17-20-13-15-21(27)16-14-20)25(32)18-31(24-12-8-7-11-23(24)28)36(34,35)22-9-5-4-6-10-22/h4-16,19H,3,17-18H2,1-2H3,(H,29,33). The van der Waals surface area contributed by atoms with Gasteiger partial charge in [-0.25, -0.2) is 17.2 Å². The largest absolute Gasteiger partial charge is 0.355 e. The van der Waals surface area contributed by atoms with Crippen molar-refractivity contribution in [2.24, 2.45) is 0 Å². The molecular formula is C26H27F2N3O4S. The van der Waals surface area contributed by atoms with Crippen LogP contribution in [0, 0.1) is 11.6 Å². The first-order valence-electron chi connectivity index (χ1n) is 11.3. The summed E-state index contributed by atoms with van der Waals surface area (Å²) in [4.78, 5) is 27.3. The molecule has 2 amide bonds. The normalized spacial score (nSPS) is 12.0. The van der Waals surface area contributed by atoms with Crippen LogP contribution in [0.4, 0.5) is 14.5 Å². The molecule has 7 nitrogen and oxygen atoms in total. The van der Waals surface area contributed by atoms with Gasteiger partial charge in [-0.2, -0.15) is 0 Å². The molecule has 3 aromatic carbocycles. The molecule has 1 N–H and O–H groups in total. The quantitative estimate of drug-likeness (QED) is 0.446. The number of benzene rings is 3. The number of rotatable bonds is 10. The predicted molar refractivity (Wildman–Crippen MR) is 132 cm³/mol. The smallest absolute Gasteiger partial charge is 0.264 e. The van der Waals surface area contributed by atoms with E-state index in [2.05, 4.69) is 5.32 Å². The molecule has 0 heterocycles. The van der Waals surface area contributed by atoms with Crippen molar-refractivity contribution in [3.63, 3.8) is 0 Å². The van der Waals surface area contributed by atoms with Gasteiger partial charge in [0.1, 0.15) is 24.2 Å². The fraction of sp³-hybridized carbons (Fsp3) is 0.231. The average molecular weight is 516 g/mol. The summed E-state index contributed by atoms with van der Waals surface area (Å²) in [5.41, 5.74) is 0.228. The van der Waals surface area contributed by atoms with E-state index in [0.717, 1.165) is 6.07 Å². The summed E-state index contributed by atoms with van der Waals surface area (Å²) in [6.45, 7) is 2.71. The lowest BCUT2D eigenvalue weighted by atomic mass is 10.1. The Kier molecular flexibility index (Phi) is 8.76. The number of nitrogens with zero attached hydrogens (tertiary/aromatic N) is 2. The van der Waals surface area contributed by atoms with Crippen LogP contribution in [-0.2, 0) is 26.2 Å². The van der Waals surface area contributed by atoms with Gasteiger partial charge in [-0.1, -0.05) is 42.5 Å². The molecule has 0 aromatic heterocycles. The van der Waals surface area contributed by atoms with E-state index >= 15 is 0 Å². The second kappa shape index (κ2) is 11.8. The molecule has 0 spiro atoms. The molecule has 0 radical (unpaired) electrons. The van der Waals surface area contributed by atoms with Crippen LogP contribution in [0.25, 0.3) is 0 Å². The predicted octanol–water partition coefficient (Wildman–Crippen LogP) is 3.71. The van der Waals surface area contributed by atoms with E-state index in [1.165, 1.54) is 78.6 Å². The molecule has 36 heavy (non-hydrogen) atoms. The summed E-state index contributed by atoms with van der Waals surface area (Å²) in [5.74, 6) is -2.48. The van der Waals surface area contributed by atoms with Crippen molar-refractivity contribution in [2.75, 3.05) is 17.4 Å². The van der Waals surface area contributed by atoms with Gasteiger partial charge in [0, 0.05) is 13.1 Å². The van der Waals surface area contributed by atoms with E-state index in [9.17, 15) is 26.8 Å². The third-order valence-corrected chi connectivity index (χ3v) is 7.29. The Morgan fingerprint density at radius 3 is 2.14 bits per heavy atom. The maximum absolute atomic E-state index is 14.8. The molecule has 3 aromatic rings. The highest BCUT2D eigenvalue weighted by Gasteiger charge is 2.33. The third-order valence-electron chi connectivity index (χ3n) is 5.52. The van der Waals surface area contributed by atoms with Crippen molar-refractivity contribution in [3.8, 4) is 0 Å². The monoisotopic (exact) mass is 515 g/mol. The minimum Gasteiger partial charge on any atom is -0.355 e. The fourth-order valence-corrected chi connectivity index (χ4v) is 5.02. The van der Waals surface area contributed by atoms with Crippen molar-refractivity contribution >= 4 is 27.5 Å². The molecule has 3 rings (SSSR count). The maximum Gasteiger partial charge on any atom is 0.264 e. The number of halogens is 2. The molecular weight excluding hydrogens is 488 g/mol. The first-order chi connectivity index (χ1) is 17.1. The van der Waals surface area contributed by atoms with Crippen molar-refractivity contribution in [1.82, 2.24) is 10.2 Å². The average Bonchev–Trinajstić information content (AvgIpc) is 2.87. The number of hydrogen-bond acceptors (Lipinski definition) is 4. The van der Waals surface area contributed by atoms with Crippen molar-refractivity contribution in [3.05, 3.63) is 96.1 Å². The van der Waals surface area contributed by atoms with Crippen LogP contribution >= 0.6 is 0 Å². The minimum absolute atomic E-state index is 0.0894. The third kappa shape index (κ3) is 6.25. The van der Waals surface area contributed by atoms with Crippen LogP contribution in [-0.4, -0.2) is 44.3 Å². The van der Waals surface area contributed by atoms with Crippen molar-refractivity contribution in [2.45, 2.75) is 31.3 Å². The summed E-state index contributed by atoms with van der Waals surface area (Å²) >= 11 is 0. The van der Waals surface area contributed by atoms with Gasteiger partial charge in [0.2, 0.25) is 11.8 Å². The number of hydrogen-bond donors (Lipinski definition) is 1. The highest BCUT2D eigenvalue weighted by atomic mass is 32.2. The maximum atomic E-state index is 14.8. The van der Waals surface area contributed by atoms with Gasteiger partial charge >= 0.3 is 0 Å². The molecule has 1 atom stereocenters. The molecule has 0 aliphatic carbocycles. The van der Waals surface area contributed by atoms with Crippen LogP contribution < -0.4 is 9.62 Å². The minimum atomic E-state index is -4.34. The second-order valence-electron chi connectivity index (χ2n) is 7.99. The van der Waals surface area contributed by atoms with Crippen LogP contribution in [0.3, 0.4) is 0 Å². The Balaban J connectivity index is 2.02. The Bertz CT molecular complexity index is 1300. The lowest BCUT2D eigenvalue weighted by molar-refractivity contribution is -0.139. The Labute approximate surface area is 209 Å². The summed E-state index contributed by atoms with van der Waals surface area (Å²) in [5, 5.41) is 2.64. The van der Waals surface area contributed by atoms with Crippen molar-refractivity contribution in [1.29, 1.82) is 0 Å². The number of nitrogens with one attached hydrogen (secondary N) is 1. The zero-order chi connectivity index (χ0) is 26.3. The van der Waals surface area contributed by atoms with Crippen molar-refractivity contribution < 1.29 is 26.8 Å². The Morgan fingerprint density at radius 1 is 0.917 bits per heavy atom. The number of carbonyl (C=O) groups is 2. The number of carbonyl (C=O) groups excluding carboxylic acids is 2. The number of amides is 2. The zero-order valence-corrected chi connectivity index (χ0v) is 20.7. The van der Waals surface area contributed by atoms with E-state index in [1.807, 2.05) is 0 Å². The van der Waals surface area contributed by atoms with Gasteiger partial charge in [-0.15, -0.1) is 0 Å². The number of para-hydroxylation sites is 1. The first-order valence-corrected chi connectivity index (χ1v) is 12.7. The van der Waals surface area contributed by atoms with Crippen LogP contribution in [0.5, 0.6) is 0 Å². The van der Waals surface area contributed by atoms with E-state index in [0.29, 0.717) is 16.4 Å². The van der Waals surface area contributed by atoms with Gasteiger partial charge < -0.3 is 10.2 Å². The SMILES string of the molecule is CCNC(=O)C(C)N(Cc1ccc(F)cc1)C(=O)CN(c1ccccc1F)S(=O)(=O)c1ccccc1. The van der Waals surface area contributed by atoms with Crippen LogP contribution in [0.2, 0.25) is 0 Å². The van der Waals surface area contributed by atoms with E-state index < -0.39 is 46.1 Å². The lowest BCUT2D eigenvalue weighted by Crippen LogP contribution is -2.51. The summed E-state index contributed by atoms with van der Waals surface area (Å²) < 4.78 is 55.9. The summed E-state index contributed by atoms with van der Waals surface area (Å²) in [7, 11) is -4.34. The Morgan fingerprint density at radius 2 is 1.53 bits per heavy atom. The molecule has 190 valence electrons. The van der Waals surface area contributed by atoms with Gasteiger partial charge in [-0.3, -0.25) is 13.9 Å². The highest BCUT2D eigenvalue weighted by molar-refractivity contribution is 7.92. The van der Waals surface area contributed by atoms with Gasteiger partial charge in [0.25, 0.3) is 10.0 Å². The van der Waals surface area contributed by atoms with Gasteiger partial charge in [0.15, 0.2) is 0 Å². The molecule has 1 unspecified atom stereocenters. The fourth-order valence-electron chi connectivity index (χ4n) is 3.58. The number of sulfonamides is 1. The van der Waals surface area contributed by atoms with E-state index in [1.54, 1.807) is 13.0 Å². The Hall–Kier alpha value is -3.79. The molecule has 0 saturated carbocycles.